The molecule has 1 heterocycles. The molecule has 1 rings (SSSR count). The van der Waals surface area contributed by atoms with Crippen molar-refractivity contribution in [2.24, 2.45) is 4.40 Å². The summed E-state index contributed by atoms with van der Waals surface area (Å²) in [6, 6.07) is 0. The Kier molecular flexibility index (Phi) is 4.19. The molecule has 0 bridgehead atoms. The fraction of sp³-hybridized carbons (Fsp3) is 0.875. The first kappa shape index (κ1) is 11.8. The minimum atomic E-state index is -3.32. The van der Waals surface area contributed by atoms with Crippen molar-refractivity contribution in [1.82, 2.24) is 4.90 Å². The van der Waals surface area contributed by atoms with Crippen LogP contribution in [-0.2, 0) is 10.0 Å². The molecule has 1 aliphatic heterocycles. The van der Waals surface area contributed by atoms with Crippen LogP contribution >= 0.6 is 11.6 Å². The predicted octanol–water partition coefficient (Wildman–Crippen LogP) is 1.07. The highest BCUT2D eigenvalue weighted by atomic mass is 35.5. The third-order valence-corrected chi connectivity index (χ3v) is 2.89. The number of sulfonamides is 1. The van der Waals surface area contributed by atoms with Crippen LogP contribution in [0.2, 0.25) is 0 Å². The molecule has 0 amide bonds. The Morgan fingerprint density at radius 2 is 1.93 bits per heavy atom. The summed E-state index contributed by atoms with van der Waals surface area (Å²) in [5.74, 6) is 0.640. The molecule has 0 atom stereocenters. The molecule has 4 nitrogen and oxygen atoms in total. The van der Waals surface area contributed by atoms with Crippen LogP contribution in [0.1, 0.15) is 19.3 Å². The number of rotatable bonds is 2. The van der Waals surface area contributed by atoms with Crippen LogP contribution in [0.4, 0.5) is 0 Å². The third kappa shape index (κ3) is 3.84. The zero-order valence-electron chi connectivity index (χ0n) is 8.24. The molecule has 0 aromatic carbocycles. The van der Waals surface area contributed by atoms with Gasteiger partial charge in [0.25, 0.3) is 10.0 Å². The van der Waals surface area contributed by atoms with Gasteiger partial charge in [0, 0.05) is 13.1 Å². The second-order valence-corrected chi connectivity index (χ2v) is 5.34. The molecular formula is C8H15ClN2O2S. The van der Waals surface area contributed by atoms with Gasteiger partial charge in [-0.05, 0) is 19.3 Å². The molecule has 0 unspecified atom stereocenters. The summed E-state index contributed by atoms with van der Waals surface area (Å²) in [5.41, 5.74) is 0. The number of hydrogen-bond acceptors (Lipinski definition) is 2. The largest absolute Gasteiger partial charge is 0.358 e. The van der Waals surface area contributed by atoms with E-state index in [1.165, 1.54) is 6.42 Å². The van der Waals surface area contributed by atoms with E-state index in [4.69, 9.17) is 11.6 Å². The quantitative estimate of drug-likeness (QED) is 0.411. The Bertz CT molecular complexity index is 307. The van der Waals surface area contributed by atoms with E-state index in [-0.39, 0.29) is 5.88 Å². The fourth-order valence-corrected chi connectivity index (χ4v) is 2.37. The van der Waals surface area contributed by atoms with Crippen molar-refractivity contribution in [1.29, 1.82) is 0 Å². The lowest BCUT2D eigenvalue weighted by Gasteiger charge is -2.28. The van der Waals surface area contributed by atoms with E-state index in [1.54, 1.807) is 0 Å². The van der Waals surface area contributed by atoms with Crippen LogP contribution in [-0.4, -0.2) is 44.4 Å². The summed E-state index contributed by atoms with van der Waals surface area (Å²) < 4.78 is 25.6. The molecule has 14 heavy (non-hydrogen) atoms. The Hall–Kier alpha value is -0.290. The summed E-state index contributed by atoms with van der Waals surface area (Å²) >= 11 is 5.67. The molecule has 0 aliphatic carbocycles. The lowest BCUT2D eigenvalue weighted by Crippen LogP contribution is -2.37. The standard InChI is InChI=1S/C8H15ClN2O2S/c1-14(12,13)10-8(7-9)11-5-3-2-4-6-11/h2-7H2,1H3. The van der Waals surface area contributed by atoms with E-state index in [1.807, 2.05) is 4.90 Å². The summed E-state index contributed by atoms with van der Waals surface area (Å²) in [4.78, 5) is 1.96. The SMILES string of the molecule is CS(=O)(=O)N=C(CCl)N1CCCCC1. The number of hydrogen-bond donors (Lipinski definition) is 0. The van der Waals surface area contributed by atoms with Crippen LogP contribution in [0.15, 0.2) is 4.40 Å². The summed E-state index contributed by atoms with van der Waals surface area (Å²) in [6.45, 7) is 1.72. The molecule has 0 aromatic rings. The highest BCUT2D eigenvalue weighted by Crippen LogP contribution is 2.10. The maximum Gasteiger partial charge on any atom is 0.251 e. The van der Waals surface area contributed by atoms with Crippen LogP contribution in [0.5, 0.6) is 0 Å². The molecule has 6 heteroatoms. The van der Waals surface area contributed by atoms with Gasteiger partial charge in [-0.15, -0.1) is 16.0 Å². The molecule has 82 valence electrons. The van der Waals surface area contributed by atoms with E-state index in [0.29, 0.717) is 5.84 Å². The zero-order valence-corrected chi connectivity index (χ0v) is 9.81. The monoisotopic (exact) mass is 238 g/mol. The van der Waals surface area contributed by atoms with Crippen molar-refractivity contribution < 1.29 is 8.42 Å². The van der Waals surface area contributed by atoms with Crippen molar-refractivity contribution in [3.05, 3.63) is 0 Å². The van der Waals surface area contributed by atoms with E-state index in [0.717, 1.165) is 32.2 Å². The molecule has 0 radical (unpaired) electrons. The van der Waals surface area contributed by atoms with Gasteiger partial charge in [0.1, 0.15) is 5.84 Å². The van der Waals surface area contributed by atoms with Crippen LogP contribution in [0, 0.1) is 0 Å². The van der Waals surface area contributed by atoms with Crippen molar-refractivity contribution in [2.75, 3.05) is 25.2 Å². The minimum absolute atomic E-state index is 0.160. The molecule has 0 spiro atoms. The molecule has 1 saturated heterocycles. The smallest absolute Gasteiger partial charge is 0.251 e. The number of likely N-dealkylation sites (tertiary alicyclic amines) is 1. The van der Waals surface area contributed by atoms with Gasteiger partial charge in [0.15, 0.2) is 0 Å². The maximum absolute atomic E-state index is 11.0. The molecular weight excluding hydrogens is 224 g/mol. The summed E-state index contributed by atoms with van der Waals surface area (Å²) in [6.07, 6.45) is 4.45. The lowest BCUT2D eigenvalue weighted by molar-refractivity contribution is 0.341. The number of amidine groups is 1. The highest BCUT2D eigenvalue weighted by Gasteiger charge is 2.15. The average Bonchev–Trinajstić information content (AvgIpc) is 2.14. The third-order valence-electron chi connectivity index (χ3n) is 2.11. The predicted molar refractivity (Wildman–Crippen MR) is 58.4 cm³/mol. The first-order valence-corrected chi connectivity index (χ1v) is 7.01. The fourth-order valence-electron chi connectivity index (χ4n) is 1.51. The van der Waals surface area contributed by atoms with E-state index in [9.17, 15) is 8.42 Å². The van der Waals surface area contributed by atoms with E-state index >= 15 is 0 Å². The van der Waals surface area contributed by atoms with Gasteiger partial charge in [0.05, 0.1) is 12.1 Å². The van der Waals surface area contributed by atoms with E-state index in [2.05, 4.69) is 4.40 Å². The Morgan fingerprint density at radius 3 is 2.36 bits per heavy atom. The maximum atomic E-state index is 11.0. The lowest BCUT2D eigenvalue weighted by atomic mass is 10.1. The number of nitrogens with zero attached hydrogens (tertiary/aromatic N) is 2. The van der Waals surface area contributed by atoms with Gasteiger partial charge in [0.2, 0.25) is 0 Å². The van der Waals surface area contributed by atoms with Crippen molar-refractivity contribution in [3.63, 3.8) is 0 Å². The number of alkyl halides is 1. The second-order valence-electron chi connectivity index (χ2n) is 3.42. The average molecular weight is 239 g/mol. The highest BCUT2D eigenvalue weighted by molar-refractivity contribution is 7.89. The van der Waals surface area contributed by atoms with Gasteiger partial charge >= 0.3 is 0 Å². The Balaban J connectivity index is 2.74. The first-order valence-electron chi connectivity index (χ1n) is 4.62. The Labute approximate surface area is 90.0 Å². The summed E-state index contributed by atoms with van der Waals surface area (Å²) in [5, 5.41) is 0. The molecule has 0 aromatic heterocycles. The minimum Gasteiger partial charge on any atom is -0.358 e. The van der Waals surface area contributed by atoms with Crippen molar-refractivity contribution in [3.8, 4) is 0 Å². The zero-order chi connectivity index (χ0) is 10.6. The van der Waals surface area contributed by atoms with Crippen molar-refractivity contribution >= 4 is 27.5 Å². The first-order chi connectivity index (χ1) is 6.53. The molecule has 1 aliphatic rings. The topological polar surface area (TPSA) is 49.7 Å². The van der Waals surface area contributed by atoms with Crippen LogP contribution in [0.25, 0.3) is 0 Å². The van der Waals surface area contributed by atoms with Gasteiger partial charge < -0.3 is 4.90 Å². The number of piperidine rings is 1. The van der Waals surface area contributed by atoms with Gasteiger partial charge in [-0.3, -0.25) is 0 Å². The molecule has 0 N–H and O–H groups in total. The van der Waals surface area contributed by atoms with Crippen LogP contribution in [0.3, 0.4) is 0 Å². The second kappa shape index (κ2) is 4.98. The van der Waals surface area contributed by atoms with E-state index < -0.39 is 10.0 Å². The van der Waals surface area contributed by atoms with Gasteiger partial charge in [-0.2, -0.15) is 0 Å². The van der Waals surface area contributed by atoms with Crippen molar-refractivity contribution in [2.45, 2.75) is 19.3 Å². The molecule has 1 fully saturated rings. The van der Waals surface area contributed by atoms with Crippen LogP contribution < -0.4 is 0 Å². The van der Waals surface area contributed by atoms with Gasteiger partial charge in [-0.1, -0.05) is 0 Å². The van der Waals surface area contributed by atoms with Gasteiger partial charge in [-0.25, -0.2) is 8.42 Å². The number of halogens is 1. The Morgan fingerprint density at radius 1 is 1.36 bits per heavy atom. The normalized spacial score (nSPS) is 19.9. The summed E-state index contributed by atoms with van der Waals surface area (Å²) in [7, 11) is -3.32. The molecule has 0 saturated carbocycles.